The fourth-order valence-corrected chi connectivity index (χ4v) is 2.44. The molecule has 0 aromatic heterocycles. The van der Waals surface area contributed by atoms with E-state index in [0.717, 1.165) is 4.31 Å². The van der Waals surface area contributed by atoms with Gasteiger partial charge in [0, 0.05) is 27.2 Å². The van der Waals surface area contributed by atoms with E-state index in [4.69, 9.17) is 0 Å². The van der Waals surface area contributed by atoms with E-state index in [1.807, 2.05) is 0 Å². The van der Waals surface area contributed by atoms with Crippen LogP contribution in [0.4, 0.5) is 8.78 Å². The number of carbonyl (C=O) groups excluding carboxylic acids is 1. The van der Waals surface area contributed by atoms with E-state index < -0.39 is 39.0 Å². The summed E-state index contributed by atoms with van der Waals surface area (Å²) < 4.78 is 50.8. The highest BCUT2D eigenvalue weighted by molar-refractivity contribution is 7.89. The molecule has 0 aliphatic carbocycles. The van der Waals surface area contributed by atoms with Crippen molar-refractivity contribution in [3.63, 3.8) is 0 Å². The van der Waals surface area contributed by atoms with Crippen molar-refractivity contribution in [1.82, 2.24) is 9.21 Å². The molecular weight excluding hydrogens is 278 g/mol. The van der Waals surface area contributed by atoms with Crippen LogP contribution in [0.2, 0.25) is 0 Å². The standard InChI is InChI=1S/C11H14F2N2O3S/c1-14(2)11(16)7-15(3)19(17,18)10-5-8(12)4-9(13)6-10/h4-6H,7H2,1-3H3. The number of hydrogen-bond donors (Lipinski definition) is 0. The summed E-state index contributed by atoms with van der Waals surface area (Å²) in [6.45, 7) is -0.409. The van der Waals surface area contributed by atoms with Gasteiger partial charge in [-0.3, -0.25) is 4.79 Å². The van der Waals surface area contributed by atoms with Crippen LogP contribution in [0.15, 0.2) is 23.1 Å². The molecule has 0 unspecified atom stereocenters. The molecule has 1 amide bonds. The number of halogens is 2. The lowest BCUT2D eigenvalue weighted by Gasteiger charge is -2.19. The fraction of sp³-hybridized carbons (Fsp3) is 0.364. The van der Waals surface area contributed by atoms with Crippen LogP contribution in [0.5, 0.6) is 0 Å². The minimum absolute atomic E-state index is 0.409. The lowest BCUT2D eigenvalue weighted by Crippen LogP contribution is -2.37. The average Bonchev–Trinajstić information content (AvgIpc) is 2.27. The van der Waals surface area contributed by atoms with Gasteiger partial charge in [0.05, 0.1) is 11.4 Å². The van der Waals surface area contributed by atoms with E-state index in [1.54, 1.807) is 0 Å². The number of rotatable bonds is 4. The monoisotopic (exact) mass is 292 g/mol. The lowest BCUT2D eigenvalue weighted by molar-refractivity contribution is -0.128. The Morgan fingerprint density at radius 3 is 2.00 bits per heavy atom. The maximum absolute atomic E-state index is 13.0. The number of hydrogen-bond acceptors (Lipinski definition) is 3. The van der Waals surface area contributed by atoms with Gasteiger partial charge in [0.2, 0.25) is 15.9 Å². The second-order valence-corrected chi connectivity index (χ2v) is 6.20. The minimum Gasteiger partial charge on any atom is -0.348 e. The Hall–Kier alpha value is -1.54. The van der Waals surface area contributed by atoms with E-state index in [1.165, 1.54) is 26.0 Å². The third kappa shape index (κ3) is 3.71. The summed E-state index contributed by atoms with van der Waals surface area (Å²) in [4.78, 5) is 12.1. The Labute approximate surface area is 110 Å². The Morgan fingerprint density at radius 2 is 1.58 bits per heavy atom. The van der Waals surface area contributed by atoms with Crippen LogP contribution in [0.3, 0.4) is 0 Å². The van der Waals surface area contributed by atoms with Gasteiger partial charge in [0.25, 0.3) is 0 Å². The summed E-state index contributed by atoms with van der Waals surface area (Å²) in [7, 11) is 0.0131. The molecule has 0 atom stereocenters. The molecule has 0 aliphatic rings. The highest BCUT2D eigenvalue weighted by atomic mass is 32.2. The quantitative estimate of drug-likeness (QED) is 0.820. The normalized spacial score (nSPS) is 11.7. The van der Waals surface area contributed by atoms with E-state index in [2.05, 4.69) is 0 Å². The maximum atomic E-state index is 13.0. The molecule has 0 spiro atoms. The van der Waals surface area contributed by atoms with E-state index in [-0.39, 0.29) is 0 Å². The second-order valence-electron chi connectivity index (χ2n) is 4.15. The molecule has 19 heavy (non-hydrogen) atoms. The van der Waals surface area contributed by atoms with Crippen molar-refractivity contribution in [1.29, 1.82) is 0 Å². The molecule has 0 saturated carbocycles. The molecule has 8 heteroatoms. The number of carbonyl (C=O) groups is 1. The predicted molar refractivity (Wildman–Crippen MR) is 64.9 cm³/mol. The van der Waals surface area contributed by atoms with Crippen molar-refractivity contribution >= 4 is 15.9 Å². The third-order valence-corrected chi connectivity index (χ3v) is 4.18. The van der Waals surface area contributed by atoms with Crippen molar-refractivity contribution in [3.8, 4) is 0 Å². The van der Waals surface area contributed by atoms with E-state index in [0.29, 0.717) is 18.2 Å². The smallest absolute Gasteiger partial charge is 0.243 e. The molecule has 0 N–H and O–H groups in total. The zero-order chi connectivity index (χ0) is 14.8. The molecule has 0 bridgehead atoms. The molecule has 1 rings (SSSR count). The van der Waals surface area contributed by atoms with Gasteiger partial charge in [-0.2, -0.15) is 4.31 Å². The van der Waals surface area contributed by atoms with Crippen LogP contribution in [0.25, 0.3) is 0 Å². The highest BCUT2D eigenvalue weighted by Crippen LogP contribution is 2.17. The third-order valence-electron chi connectivity index (χ3n) is 2.40. The summed E-state index contributed by atoms with van der Waals surface area (Å²) in [5.41, 5.74) is 0. The van der Waals surface area contributed by atoms with Gasteiger partial charge in [-0.15, -0.1) is 0 Å². The molecule has 106 valence electrons. The molecule has 5 nitrogen and oxygen atoms in total. The fourth-order valence-electron chi connectivity index (χ4n) is 1.27. The zero-order valence-corrected chi connectivity index (χ0v) is 11.5. The van der Waals surface area contributed by atoms with Crippen LogP contribution in [-0.4, -0.2) is 51.2 Å². The van der Waals surface area contributed by atoms with Crippen molar-refractivity contribution in [2.75, 3.05) is 27.7 Å². The van der Waals surface area contributed by atoms with Crippen LogP contribution < -0.4 is 0 Å². The molecule has 0 heterocycles. The zero-order valence-electron chi connectivity index (χ0n) is 10.7. The topological polar surface area (TPSA) is 57.7 Å². The second kappa shape index (κ2) is 5.62. The van der Waals surface area contributed by atoms with E-state index in [9.17, 15) is 22.0 Å². The summed E-state index contributed by atoms with van der Waals surface area (Å²) in [6.07, 6.45) is 0. The first-order chi connectivity index (χ1) is 8.64. The Balaban J connectivity index is 3.06. The van der Waals surface area contributed by atoms with Crippen LogP contribution >= 0.6 is 0 Å². The molecule has 0 saturated heterocycles. The Morgan fingerprint density at radius 1 is 1.11 bits per heavy atom. The molecule has 0 radical (unpaired) electrons. The van der Waals surface area contributed by atoms with E-state index >= 15 is 0 Å². The number of nitrogens with zero attached hydrogens (tertiary/aromatic N) is 2. The van der Waals surface area contributed by atoms with Gasteiger partial charge in [-0.1, -0.05) is 0 Å². The van der Waals surface area contributed by atoms with Crippen molar-refractivity contribution in [3.05, 3.63) is 29.8 Å². The average molecular weight is 292 g/mol. The van der Waals surface area contributed by atoms with Crippen molar-refractivity contribution in [2.24, 2.45) is 0 Å². The van der Waals surface area contributed by atoms with Crippen molar-refractivity contribution < 1.29 is 22.0 Å². The highest BCUT2D eigenvalue weighted by Gasteiger charge is 2.24. The first-order valence-corrected chi connectivity index (χ1v) is 6.71. The largest absolute Gasteiger partial charge is 0.348 e. The van der Waals surface area contributed by atoms with Gasteiger partial charge in [0.1, 0.15) is 11.6 Å². The Kier molecular flexibility index (Phi) is 4.59. The number of likely N-dealkylation sites (N-methyl/N-ethyl adjacent to an activating group) is 2. The SMILES string of the molecule is CN(C)C(=O)CN(C)S(=O)(=O)c1cc(F)cc(F)c1. The van der Waals surface area contributed by atoms with Gasteiger partial charge in [0.15, 0.2) is 0 Å². The van der Waals surface area contributed by atoms with Gasteiger partial charge in [-0.05, 0) is 12.1 Å². The molecule has 0 fully saturated rings. The summed E-state index contributed by atoms with van der Waals surface area (Å²) >= 11 is 0. The Bertz CT molecular complexity index is 567. The molecular formula is C11H14F2N2O3S. The minimum atomic E-state index is -4.11. The van der Waals surface area contributed by atoms with Gasteiger partial charge >= 0.3 is 0 Å². The first-order valence-electron chi connectivity index (χ1n) is 5.27. The molecule has 0 aliphatic heterocycles. The summed E-state index contributed by atoms with van der Waals surface area (Å²) in [6, 6.07) is 1.98. The van der Waals surface area contributed by atoms with Crippen molar-refractivity contribution in [2.45, 2.75) is 4.90 Å². The molecule has 1 aromatic rings. The maximum Gasteiger partial charge on any atom is 0.243 e. The number of sulfonamides is 1. The van der Waals surface area contributed by atoms with Crippen LogP contribution in [0.1, 0.15) is 0 Å². The first kappa shape index (κ1) is 15.5. The van der Waals surface area contributed by atoms with Crippen LogP contribution in [0, 0.1) is 11.6 Å². The summed E-state index contributed by atoms with van der Waals surface area (Å²) in [5.74, 6) is -2.43. The van der Waals surface area contributed by atoms with Crippen LogP contribution in [-0.2, 0) is 14.8 Å². The van der Waals surface area contributed by atoms with Gasteiger partial charge in [-0.25, -0.2) is 17.2 Å². The number of amides is 1. The number of benzene rings is 1. The molecule has 1 aromatic carbocycles. The predicted octanol–water partition coefficient (Wildman–Crippen LogP) is 0.673. The van der Waals surface area contributed by atoms with Gasteiger partial charge < -0.3 is 4.90 Å². The lowest BCUT2D eigenvalue weighted by atomic mass is 10.3. The summed E-state index contributed by atoms with van der Waals surface area (Å²) in [5, 5.41) is 0.